The summed E-state index contributed by atoms with van der Waals surface area (Å²) in [7, 11) is 2.11. The van der Waals surface area contributed by atoms with Gasteiger partial charge < -0.3 is 4.90 Å². The van der Waals surface area contributed by atoms with Gasteiger partial charge in [-0.3, -0.25) is 0 Å². The van der Waals surface area contributed by atoms with Gasteiger partial charge >= 0.3 is 0 Å². The summed E-state index contributed by atoms with van der Waals surface area (Å²) in [6.07, 6.45) is 1.85. The third-order valence-corrected chi connectivity index (χ3v) is 5.89. The fraction of sp³-hybridized carbons (Fsp3) is 0.300. The van der Waals surface area contributed by atoms with E-state index in [1.807, 2.05) is 30.3 Å². The summed E-state index contributed by atoms with van der Waals surface area (Å²) >= 11 is 7.76. The van der Waals surface area contributed by atoms with Crippen LogP contribution in [-0.2, 0) is 12.8 Å². The van der Waals surface area contributed by atoms with Crippen molar-refractivity contribution in [3.05, 3.63) is 64.2 Å². The zero-order valence-corrected chi connectivity index (χ0v) is 15.9. The number of amidine groups is 1. The van der Waals surface area contributed by atoms with E-state index in [-0.39, 0.29) is 0 Å². The zero-order chi connectivity index (χ0) is 17.8. The van der Waals surface area contributed by atoms with Crippen LogP contribution < -0.4 is 0 Å². The lowest BCUT2D eigenvalue weighted by Gasteiger charge is -2.21. The number of halogens is 1. The molecule has 1 atom stereocenters. The van der Waals surface area contributed by atoms with Crippen molar-refractivity contribution < 1.29 is 0 Å². The Bertz CT molecular complexity index is 824. The maximum absolute atomic E-state index is 9.06. The highest BCUT2D eigenvalue weighted by Crippen LogP contribution is 2.30. The highest BCUT2D eigenvalue weighted by molar-refractivity contribution is 8.14. The standard InChI is InChI=1S/C20H20ClN3S/c1-3-16-10-15(12-22)6-9-19(16)23-20-24(2)18(13-25-20)11-14-4-7-17(21)8-5-14/h4-10,18H,3,11,13H2,1-2H3/t18-/m0/s1. The van der Waals surface area contributed by atoms with Crippen molar-refractivity contribution in [3.8, 4) is 6.07 Å². The van der Waals surface area contributed by atoms with Crippen LogP contribution in [0.25, 0.3) is 0 Å². The van der Waals surface area contributed by atoms with Crippen molar-refractivity contribution in [3.63, 3.8) is 0 Å². The lowest BCUT2D eigenvalue weighted by molar-refractivity contribution is 0.412. The summed E-state index contributed by atoms with van der Waals surface area (Å²) in [6, 6.07) is 16.4. The molecule has 0 radical (unpaired) electrons. The van der Waals surface area contributed by atoms with Gasteiger partial charge in [0.05, 0.1) is 17.3 Å². The number of aliphatic imine (C=N–C) groups is 1. The zero-order valence-electron chi connectivity index (χ0n) is 14.4. The fourth-order valence-corrected chi connectivity index (χ4v) is 4.21. The Kier molecular flexibility index (Phi) is 5.67. The Morgan fingerprint density at radius 1 is 1.28 bits per heavy atom. The second kappa shape index (κ2) is 7.95. The first-order valence-corrected chi connectivity index (χ1v) is 9.69. The Balaban J connectivity index is 1.77. The normalized spacial score (nSPS) is 18.6. The minimum atomic E-state index is 0.424. The molecule has 0 N–H and O–H groups in total. The van der Waals surface area contributed by atoms with Gasteiger partial charge in [0.25, 0.3) is 0 Å². The first-order chi connectivity index (χ1) is 12.1. The van der Waals surface area contributed by atoms with Crippen molar-refractivity contribution in [2.45, 2.75) is 25.8 Å². The molecule has 1 aliphatic rings. The first kappa shape index (κ1) is 17.8. The Hall–Kier alpha value is -1.96. The number of rotatable bonds is 4. The molecule has 1 aliphatic heterocycles. The third kappa shape index (κ3) is 4.18. The SMILES string of the molecule is CCc1cc(C#N)ccc1N=C1SC[C@H](Cc2ccc(Cl)cc2)N1C. The van der Waals surface area contributed by atoms with E-state index < -0.39 is 0 Å². The summed E-state index contributed by atoms with van der Waals surface area (Å²) in [6.45, 7) is 2.09. The van der Waals surface area contributed by atoms with Crippen LogP contribution in [-0.4, -0.2) is 28.9 Å². The van der Waals surface area contributed by atoms with E-state index in [1.165, 1.54) is 5.56 Å². The van der Waals surface area contributed by atoms with Crippen LogP contribution in [0.3, 0.4) is 0 Å². The molecule has 1 fully saturated rings. The molecular weight excluding hydrogens is 350 g/mol. The van der Waals surface area contributed by atoms with Crippen molar-refractivity contribution in [2.75, 3.05) is 12.8 Å². The molecule has 3 nitrogen and oxygen atoms in total. The van der Waals surface area contributed by atoms with E-state index >= 15 is 0 Å². The van der Waals surface area contributed by atoms with Crippen LogP contribution in [0.5, 0.6) is 0 Å². The Morgan fingerprint density at radius 3 is 2.72 bits per heavy atom. The molecule has 0 aromatic heterocycles. The molecule has 0 amide bonds. The van der Waals surface area contributed by atoms with E-state index in [2.05, 4.69) is 37.1 Å². The van der Waals surface area contributed by atoms with E-state index in [1.54, 1.807) is 11.8 Å². The molecule has 128 valence electrons. The fourth-order valence-electron chi connectivity index (χ4n) is 2.89. The molecule has 1 saturated heterocycles. The largest absolute Gasteiger partial charge is 0.350 e. The topological polar surface area (TPSA) is 39.4 Å². The molecule has 2 aromatic carbocycles. The predicted molar refractivity (Wildman–Crippen MR) is 107 cm³/mol. The average Bonchev–Trinajstić information content (AvgIpc) is 2.97. The number of benzene rings is 2. The lowest BCUT2D eigenvalue weighted by atomic mass is 10.1. The van der Waals surface area contributed by atoms with E-state index in [4.69, 9.17) is 21.9 Å². The summed E-state index contributed by atoms with van der Waals surface area (Å²) in [5.41, 5.74) is 4.05. The number of likely N-dealkylation sites (N-methyl/N-ethyl adjacent to an activating group) is 1. The van der Waals surface area contributed by atoms with E-state index in [9.17, 15) is 0 Å². The predicted octanol–water partition coefficient (Wildman–Crippen LogP) is 5.05. The van der Waals surface area contributed by atoms with Gasteiger partial charge in [0, 0.05) is 23.9 Å². The number of aryl methyl sites for hydroxylation is 1. The van der Waals surface area contributed by atoms with Crippen molar-refractivity contribution >= 4 is 34.2 Å². The minimum Gasteiger partial charge on any atom is -0.350 e. The molecule has 3 rings (SSSR count). The number of hydrogen-bond acceptors (Lipinski definition) is 3. The van der Waals surface area contributed by atoms with Crippen LogP contribution in [0.15, 0.2) is 47.5 Å². The van der Waals surface area contributed by atoms with Gasteiger partial charge in [-0.05, 0) is 54.3 Å². The average molecular weight is 370 g/mol. The molecule has 2 aromatic rings. The lowest BCUT2D eigenvalue weighted by Crippen LogP contribution is -2.31. The van der Waals surface area contributed by atoms with Gasteiger partial charge in [-0.2, -0.15) is 5.26 Å². The molecule has 25 heavy (non-hydrogen) atoms. The molecule has 0 saturated carbocycles. The first-order valence-electron chi connectivity index (χ1n) is 8.32. The minimum absolute atomic E-state index is 0.424. The molecule has 0 unspecified atom stereocenters. The summed E-state index contributed by atoms with van der Waals surface area (Å²) < 4.78 is 0. The Morgan fingerprint density at radius 2 is 2.04 bits per heavy atom. The highest BCUT2D eigenvalue weighted by atomic mass is 35.5. The molecule has 0 bridgehead atoms. The number of nitrogens with zero attached hydrogens (tertiary/aromatic N) is 3. The molecule has 5 heteroatoms. The molecule has 1 heterocycles. The second-order valence-corrected chi connectivity index (χ2v) is 7.53. The maximum atomic E-state index is 9.06. The van der Waals surface area contributed by atoms with Crippen molar-refractivity contribution in [1.82, 2.24) is 4.90 Å². The van der Waals surface area contributed by atoms with Crippen LogP contribution >= 0.6 is 23.4 Å². The van der Waals surface area contributed by atoms with E-state index in [0.717, 1.165) is 40.0 Å². The van der Waals surface area contributed by atoms with Crippen molar-refractivity contribution in [1.29, 1.82) is 5.26 Å². The smallest absolute Gasteiger partial charge is 0.164 e. The summed E-state index contributed by atoms with van der Waals surface area (Å²) in [4.78, 5) is 7.13. The van der Waals surface area contributed by atoms with Crippen LogP contribution in [0.4, 0.5) is 5.69 Å². The van der Waals surface area contributed by atoms with E-state index in [0.29, 0.717) is 11.6 Å². The monoisotopic (exact) mass is 369 g/mol. The van der Waals surface area contributed by atoms with Crippen LogP contribution in [0, 0.1) is 11.3 Å². The molecule has 0 aliphatic carbocycles. The van der Waals surface area contributed by atoms with Gasteiger partial charge in [0.2, 0.25) is 0 Å². The molecular formula is C20H20ClN3S. The van der Waals surface area contributed by atoms with Crippen LogP contribution in [0.1, 0.15) is 23.6 Å². The van der Waals surface area contributed by atoms with Gasteiger partial charge in [-0.15, -0.1) is 0 Å². The Labute approximate surface area is 158 Å². The quantitative estimate of drug-likeness (QED) is 0.756. The van der Waals surface area contributed by atoms with Crippen LogP contribution in [0.2, 0.25) is 5.02 Å². The second-order valence-electron chi connectivity index (χ2n) is 6.11. The highest BCUT2D eigenvalue weighted by Gasteiger charge is 2.27. The molecule has 0 spiro atoms. The number of nitriles is 1. The van der Waals surface area contributed by atoms with Gasteiger partial charge in [0.15, 0.2) is 5.17 Å². The number of hydrogen-bond donors (Lipinski definition) is 0. The maximum Gasteiger partial charge on any atom is 0.164 e. The summed E-state index contributed by atoms with van der Waals surface area (Å²) in [5, 5.41) is 10.9. The van der Waals surface area contributed by atoms with Gasteiger partial charge in [-0.25, -0.2) is 4.99 Å². The third-order valence-electron chi connectivity index (χ3n) is 4.44. The summed E-state index contributed by atoms with van der Waals surface area (Å²) in [5.74, 6) is 1.02. The number of thioether (sulfide) groups is 1. The van der Waals surface area contributed by atoms with Gasteiger partial charge in [-0.1, -0.05) is 42.4 Å². The van der Waals surface area contributed by atoms with Gasteiger partial charge in [0.1, 0.15) is 0 Å². The van der Waals surface area contributed by atoms with Crippen molar-refractivity contribution in [2.24, 2.45) is 4.99 Å².